The molecule has 5 heteroatoms. The fourth-order valence-electron chi connectivity index (χ4n) is 2.03. The van der Waals surface area contributed by atoms with Crippen LogP contribution in [0.15, 0.2) is 40.9 Å². The number of hydrogen-bond acceptors (Lipinski definition) is 3. The van der Waals surface area contributed by atoms with Crippen molar-refractivity contribution in [3.8, 4) is 11.5 Å². The number of benzene rings is 2. The zero-order chi connectivity index (χ0) is 14.7. The monoisotopic (exact) mass is 340 g/mol. The number of methoxy groups -OCH3 is 2. The molecule has 20 heavy (non-hydrogen) atoms. The van der Waals surface area contributed by atoms with E-state index in [4.69, 9.17) is 9.47 Å². The van der Waals surface area contributed by atoms with E-state index in [1.807, 2.05) is 0 Å². The summed E-state index contributed by atoms with van der Waals surface area (Å²) in [7, 11) is 2.93. The highest BCUT2D eigenvalue weighted by Gasteiger charge is 2.23. The van der Waals surface area contributed by atoms with E-state index in [1.165, 1.54) is 26.4 Å². The van der Waals surface area contributed by atoms with Gasteiger partial charge in [0.15, 0.2) is 0 Å². The van der Waals surface area contributed by atoms with Crippen molar-refractivity contribution in [1.82, 2.24) is 0 Å². The SMILES string of the molecule is COc1ccc(Br)cc1C(O)c1c(F)cccc1OC. The maximum Gasteiger partial charge on any atom is 0.133 e. The molecule has 2 aromatic carbocycles. The van der Waals surface area contributed by atoms with Crippen molar-refractivity contribution in [2.75, 3.05) is 14.2 Å². The van der Waals surface area contributed by atoms with Gasteiger partial charge in [0.05, 0.1) is 19.8 Å². The summed E-state index contributed by atoms with van der Waals surface area (Å²) in [5.74, 6) is 0.240. The summed E-state index contributed by atoms with van der Waals surface area (Å²) in [6.45, 7) is 0. The Morgan fingerprint density at radius 3 is 2.45 bits per heavy atom. The maximum absolute atomic E-state index is 14.0. The quantitative estimate of drug-likeness (QED) is 0.922. The third-order valence-corrected chi connectivity index (χ3v) is 3.49. The molecule has 2 rings (SSSR count). The van der Waals surface area contributed by atoms with Gasteiger partial charge in [0.1, 0.15) is 23.4 Å². The summed E-state index contributed by atoms with van der Waals surface area (Å²) in [5, 5.41) is 10.5. The molecule has 0 saturated heterocycles. The lowest BCUT2D eigenvalue weighted by Gasteiger charge is -2.18. The van der Waals surface area contributed by atoms with Gasteiger partial charge >= 0.3 is 0 Å². The first-order chi connectivity index (χ1) is 9.58. The fourth-order valence-corrected chi connectivity index (χ4v) is 2.41. The topological polar surface area (TPSA) is 38.7 Å². The molecule has 0 aliphatic heterocycles. The van der Waals surface area contributed by atoms with Crippen LogP contribution in [0.3, 0.4) is 0 Å². The molecule has 0 saturated carbocycles. The first-order valence-electron chi connectivity index (χ1n) is 5.92. The van der Waals surface area contributed by atoms with Gasteiger partial charge in [-0.2, -0.15) is 0 Å². The third kappa shape index (κ3) is 2.78. The highest BCUT2D eigenvalue weighted by atomic mass is 79.9. The van der Waals surface area contributed by atoms with Gasteiger partial charge in [-0.15, -0.1) is 0 Å². The molecule has 106 valence electrons. The molecule has 3 nitrogen and oxygen atoms in total. The molecule has 0 bridgehead atoms. The third-order valence-electron chi connectivity index (χ3n) is 2.99. The van der Waals surface area contributed by atoms with Crippen molar-refractivity contribution in [2.24, 2.45) is 0 Å². The van der Waals surface area contributed by atoms with E-state index in [9.17, 15) is 9.50 Å². The lowest BCUT2D eigenvalue weighted by molar-refractivity contribution is 0.204. The average molecular weight is 341 g/mol. The Hall–Kier alpha value is -1.59. The van der Waals surface area contributed by atoms with E-state index in [-0.39, 0.29) is 5.56 Å². The number of ether oxygens (including phenoxy) is 2. The molecule has 1 N–H and O–H groups in total. The minimum absolute atomic E-state index is 0.0893. The molecular weight excluding hydrogens is 327 g/mol. The second-order valence-corrected chi connectivity index (χ2v) is 5.06. The van der Waals surface area contributed by atoms with Gasteiger partial charge in [0, 0.05) is 10.0 Å². The lowest BCUT2D eigenvalue weighted by atomic mass is 9.99. The number of rotatable bonds is 4. The van der Waals surface area contributed by atoms with Gasteiger partial charge in [-0.3, -0.25) is 0 Å². The molecule has 0 spiro atoms. The summed E-state index contributed by atoms with van der Waals surface area (Å²) in [6, 6.07) is 9.60. The van der Waals surface area contributed by atoms with Crippen LogP contribution >= 0.6 is 15.9 Å². The van der Waals surface area contributed by atoms with Crippen LogP contribution in [0.25, 0.3) is 0 Å². The Bertz CT molecular complexity index is 616. The van der Waals surface area contributed by atoms with Crippen molar-refractivity contribution >= 4 is 15.9 Å². The molecule has 1 atom stereocenters. The van der Waals surface area contributed by atoms with Crippen LogP contribution in [0.5, 0.6) is 11.5 Å². The van der Waals surface area contributed by atoms with E-state index >= 15 is 0 Å². The van der Waals surface area contributed by atoms with Crippen molar-refractivity contribution in [1.29, 1.82) is 0 Å². The first-order valence-corrected chi connectivity index (χ1v) is 6.71. The highest BCUT2D eigenvalue weighted by molar-refractivity contribution is 9.10. The van der Waals surface area contributed by atoms with Crippen molar-refractivity contribution in [3.63, 3.8) is 0 Å². The van der Waals surface area contributed by atoms with Crippen molar-refractivity contribution in [3.05, 3.63) is 57.8 Å². The minimum Gasteiger partial charge on any atom is -0.496 e. The number of hydrogen-bond donors (Lipinski definition) is 1. The fraction of sp³-hybridized carbons (Fsp3) is 0.200. The molecule has 0 amide bonds. The number of aliphatic hydroxyl groups is 1. The van der Waals surface area contributed by atoms with E-state index in [1.54, 1.807) is 24.3 Å². The van der Waals surface area contributed by atoms with Crippen LogP contribution in [0.2, 0.25) is 0 Å². The van der Waals surface area contributed by atoms with E-state index in [0.717, 1.165) is 4.47 Å². The standard InChI is InChI=1S/C15H14BrFO3/c1-19-12-7-6-9(16)8-10(12)15(18)14-11(17)4-3-5-13(14)20-2/h3-8,15,18H,1-2H3. The molecule has 0 fully saturated rings. The zero-order valence-electron chi connectivity index (χ0n) is 11.1. The predicted molar refractivity (Wildman–Crippen MR) is 77.7 cm³/mol. The Balaban J connectivity index is 2.57. The van der Waals surface area contributed by atoms with Crippen LogP contribution in [-0.4, -0.2) is 19.3 Å². The van der Waals surface area contributed by atoms with Crippen molar-refractivity contribution < 1.29 is 19.0 Å². The molecule has 0 aliphatic carbocycles. The molecule has 0 heterocycles. The normalized spacial score (nSPS) is 12.1. The lowest BCUT2D eigenvalue weighted by Crippen LogP contribution is -2.07. The Kier molecular flexibility index (Phi) is 4.62. The van der Waals surface area contributed by atoms with Gasteiger partial charge in [-0.1, -0.05) is 22.0 Å². The van der Waals surface area contributed by atoms with Gasteiger partial charge in [0.2, 0.25) is 0 Å². The largest absolute Gasteiger partial charge is 0.496 e. The minimum atomic E-state index is -1.18. The Labute approximate surface area is 125 Å². The second kappa shape index (κ2) is 6.24. The summed E-state index contributed by atoms with van der Waals surface area (Å²) in [6.07, 6.45) is -1.18. The molecule has 0 aliphatic rings. The van der Waals surface area contributed by atoms with E-state index in [0.29, 0.717) is 17.1 Å². The summed E-state index contributed by atoms with van der Waals surface area (Å²) in [5.41, 5.74) is 0.552. The molecule has 0 radical (unpaired) electrons. The average Bonchev–Trinajstić information content (AvgIpc) is 2.46. The number of halogens is 2. The van der Waals surface area contributed by atoms with Crippen LogP contribution in [0.4, 0.5) is 4.39 Å². The van der Waals surface area contributed by atoms with Crippen LogP contribution in [-0.2, 0) is 0 Å². The molecule has 2 aromatic rings. The van der Waals surface area contributed by atoms with Crippen LogP contribution in [0.1, 0.15) is 17.2 Å². The van der Waals surface area contributed by atoms with E-state index < -0.39 is 11.9 Å². The molecule has 0 aromatic heterocycles. The van der Waals surface area contributed by atoms with E-state index in [2.05, 4.69) is 15.9 Å². The predicted octanol–water partition coefficient (Wildman–Crippen LogP) is 3.69. The van der Waals surface area contributed by atoms with Gasteiger partial charge in [0.25, 0.3) is 0 Å². The molecule has 1 unspecified atom stereocenters. The molecular formula is C15H14BrFO3. The maximum atomic E-state index is 14.0. The summed E-state index contributed by atoms with van der Waals surface area (Å²) in [4.78, 5) is 0. The number of aliphatic hydroxyl groups excluding tert-OH is 1. The van der Waals surface area contributed by atoms with Gasteiger partial charge < -0.3 is 14.6 Å². The van der Waals surface area contributed by atoms with Crippen molar-refractivity contribution in [2.45, 2.75) is 6.10 Å². The zero-order valence-corrected chi connectivity index (χ0v) is 12.6. The van der Waals surface area contributed by atoms with Gasteiger partial charge in [-0.05, 0) is 30.3 Å². The second-order valence-electron chi connectivity index (χ2n) is 4.14. The first kappa shape index (κ1) is 14.8. The van der Waals surface area contributed by atoms with Gasteiger partial charge in [-0.25, -0.2) is 4.39 Å². The van der Waals surface area contributed by atoms with Crippen LogP contribution in [0, 0.1) is 5.82 Å². The summed E-state index contributed by atoms with van der Waals surface area (Å²) < 4.78 is 25.1. The smallest absolute Gasteiger partial charge is 0.133 e. The van der Waals surface area contributed by atoms with Crippen LogP contribution < -0.4 is 9.47 Å². The highest BCUT2D eigenvalue weighted by Crippen LogP contribution is 2.37. The Morgan fingerprint density at radius 2 is 1.80 bits per heavy atom. The Morgan fingerprint density at radius 1 is 1.10 bits per heavy atom. The summed E-state index contributed by atoms with van der Waals surface area (Å²) >= 11 is 3.33.